The number of nitrogens with zero attached hydrogens (tertiary/aromatic N) is 1. The summed E-state index contributed by atoms with van der Waals surface area (Å²) in [6, 6.07) is 1.62. The van der Waals surface area contributed by atoms with Crippen LogP contribution < -0.4 is 19.9 Å². The quantitative estimate of drug-likeness (QED) is 0.813. The minimum atomic E-state index is -0.309. The molecule has 1 fully saturated rings. The van der Waals surface area contributed by atoms with E-state index in [1.165, 1.54) is 21.3 Å². The molecule has 0 radical (unpaired) electrons. The average Bonchev–Trinajstić information content (AvgIpc) is 2.60. The Bertz CT molecular complexity index is 642. The monoisotopic (exact) mass is 400 g/mol. The van der Waals surface area contributed by atoms with E-state index in [-0.39, 0.29) is 17.7 Å². The fourth-order valence-electron chi connectivity index (χ4n) is 2.81. The van der Waals surface area contributed by atoms with Gasteiger partial charge in [0.2, 0.25) is 11.7 Å². The molecule has 7 nitrogen and oxygen atoms in total. The fraction of sp³-hybridized carbons (Fsp3) is 0.500. The van der Waals surface area contributed by atoms with Crippen LogP contribution in [0.5, 0.6) is 17.2 Å². The molecule has 8 heteroatoms. The number of halogens is 1. The Labute approximate surface area is 149 Å². The largest absolute Gasteiger partial charge is 0.493 e. The van der Waals surface area contributed by atoms with Gasteiger partial charge < -0.3 is 24.8 Å². The van der Waals surface area contributed by atoms with Crippen LogP contribution in [-0.4, -0.2) is 51.1 Å². The molecule has 1 aliphatic rings. The summed E-state index contributed by atoms with van der Waals surface area (Å²) in [6.07, 6.45) is 1.15. The van der Waals surface area contributed by atoms with Gasteiger partial charge in [-0.25, -0.2) is 0 Å². The zero-order chi connectivity index (χ0) is 17.9. The first-order valence-electron chi connectivity index (χ1n) is 7.51. The molecular weight excluding hydrogens is 380 g/mol. The van der Waals surface area contributed by atoms with E-state index in [0.717, 1.165) is 0 Å². The lowest BCUT2D eigenvalue weighted by molar-refractivity contribution is -0.123. The number of hydrogen-bond donors (Lipinski definition) is 1. The highest BCUT2D eigenvalue weighted by Gasteiger charge is 2.30. The average molecular weight is 401 g/mol. The zero-order valence-electron chi connectivity index (χ0n) is 13.9. The molecule has 2 N–H and O–H groups in total. The van der Waals surface area contributed by atoms with Gasteiger partial charge >= 0.3 is 0 Å². The van der Waals surface area contributed by atoms with Crippen LogP contribution in [0.2, 0.25) is 0 Å². The van der Waals surface area contributed by atoms with E-state index >= 15 is 0 Å². The summed E-state index contributed by atoms with van der Waals surface area (Å²) in [5, 5.41) is 0. The number of primary amides is 1. The van der Waals surface area contributed by atoms with Gasteiger partial charge in [0, 0.05) is 19.0 Å². The van der Waals surface area contributed by atoms with Crippen molar-refractivity contribution in [1.82, 2.24) is 4.90 Å². The van der Waals surface area contributed by atoms with Gasteiger partial charge in [-0.15, -0.1) is 0 Å². The Hall–Kier alpha value is -1.96. The summed E-state index contributed by atoms with van der Waals surface area (Å²) in [5.41, 5.74) is 5.75. The summed E-state index contributed by atoms with van der Waals surface area (Å²) in [4.78, 5) is 25.8. The molecule has 0 spiro atoms. The lowest BCUT2D eigenvalue weighted by Crippen LogP contribution is -2.41. The molecule has 0 unspecified atom stereocenters. The minimum Gasteiger partial charge on any atom is -0.493 e. The van der Waals surface area contributed by atoms with Crippen LogP contribution >= 0.6 is 15.9 Å². The number of likely N-dealkylation sites (tertiary alicyclic amines) is 1. The number of hydrogen-bond acceptors (Lipinski definition) is 5. The maximum atomic E-state index is 12.9. The van der Waals surface area contributed by atoms with E-state index in [0.29, 0.717) is 53.2 Å². The Morgan fingerprint density at radius 3 is 2.17 bits per heavy atom. The van der Waals surface area contributed by atoms with E-state index in [1.807, 2.05) is 0 Å². The van der Waals surface area contributed by atoms with Crippen LogP contribution in [0.1, 0.15) is 23.2 Å². The van der Waals surface area contributed by atoms with E-state index in [1.54, 1.807) is 11.0 Å². The van der Waals surface area contributed by atoms with E-state index in [4.69, 9.17) is 19.9 Å². The van der Waals surface area contributed by atoms with Gasteiger partial charge in [-0.3, -0.25) is 9.59 Å². The summed E-state index contributed by atoms with van der Waals surface area (Å²) < 4.78 is 16.5. The number of piperidine rings is 1. The number of benzene rings is 1. The van der Waals surface area contributed by atoms with Crippen molar-refractivity contribution in [2.24, 2.45) is 11.7 Å². The van der Waals surface area contributed by atoms with Crippen molar-refractivity contribution in [1.29, 1.82) is 0 Å². The van der Waals surface area contributed by atoms with Gasteiger partial charge in [0.15, 0.2) is 11.5 Å². The summed E-state index contributed by atoms with van der Waals surface area (Å²) >= 11 is 3.42. The molecule has 1 aliphatic heterocycles. The highest BCUT2D eigenvalue weighted by Crippen LogP contribution is 2.45. The minimum absolute atomic E-state index is 0.163. The second-order valence-corrected chi connectivity index (χ2v) is 6.27. The van der Waals surface area contributed by atoms with Crippen LogP contribution in [0.15, 0.2) is 10.5 Å². The van der Waals surface area contributed by atoms with Gasteiger partial charge in [0.1, 0.15) is 0 Å². The third kappa shape index (κ3) is 3.43. The van der Waals surface area contributed by atoms with Crippen molar-refractivity contribution in [3.05, 3.63) is 16.1 Å². The molecule has 0 aliphatic carbocycles. The molecule has 1 saturated heterocycles. The molecule has 0 saturated carbocycles. The Kier molecular flexibility index (Phi) is 5.93. The molecule has 1 heterocycles. The van der Waals surface area contributed by atoms with Crippen molar-refractivity contribution >= 4 is 27.7 Å². The number of rotatable bonds is 5. The van der Waals surface area contributed by atoms with E-state index < -0.39 is 0 Å². The topological polar surface area (TPSA) is 91.1 Å². The van der Waals surface area contributed by atoms with Crippen molar-refractivity contribution < 1.29 is 23.8 Å². The second-order valence-electron chi connectivity index (χ2n) is 5.48. The summed E-state index contributed by atoms with van der Waals surface area (Å²) in [5.74, 6) is 0.577. The Morgan fingerprint density at radius 2 is 1.71 bits per heavy atom. The molecular formula is C16H21BrN2O5. The molecule has 2 rings (SSSR count). The predicted octanol–water partition coefficient (Wildman–Crippen LogP) is 1.81. The maximum absolute atomic E-state index is 12.9. The van der Waals surface area contributed by atoms with Crippen LogP contribution in [0, 0.1) is 5.92 Å². The summed E-state index contributed by atoms with van der Waals surface area (Å²) in [6.45, 7) is 0.963. The van der Waals surface area contributed by atoms with Gasteiger partial charge in [-0.05, 0) is 34.8 Å². The van der Waals surface area contributed by atoms with Crippen LogP contribution in [0.25, 0.3) is 0 Å². The number of carbonyl (C=O) groups is 2. The standard InChI is InChI=1S/C16H21BrN2O5/c1-22-11-8-10(12(17)14(24-3)13(11)23-2)16(21)19-6-4-9(5-7-19)15(18)20/h8-9H,4-7H2,1-3H3,(H2,18,20). The smallest absolute Gasteiger partial charge is 0.255 e. The fourth-order valence-corrected chi connectivity index (χ4v) is 3.44. The molecule has 2 amide bonds. The third-order valence-corrected chi connectivity index (χ3v) is 4.97. The summed E-state index contributed by atoms with van der Waals surface area (Å²) in [7, 11) is 4.50. The molecule has 1 aromatic carbocycles. The lowest BCUT2D eigenvalue weighted by Gasteiger charge is -2.31. The van der Waals surface area contributed by atoms with Crippen LogP contribution in [0.4, 0.5) is 0 Å². The van der Waals surface area contributed by atoms with Gasteiger partial charge in [0.05, 0.1) is 31.4 Å². The van der Waals surface area contributed by atoms with Gasteiger partial charge in [-0.2, -0.15) is 0 Å². The van der Waals surface area contributed by atoms with Gasteiger partial charge in [-0.1, -0.05) is 0 Å². The molecule has 1 aromatic rings. The highest BCUT2D eigenvalue weighted by atomic mass is 79.9. The molecule has 0 bridgehead atoms. The molecule has 24 heavy (non-hydrogen) atoms. The van der Waals surface area contributed by atoms with Crippen LogP contribution in [0.3, 0.4) is 0 Å². The highest BCUT2D eigenvalue weighted by molar-refractivity contribution is 9.10. The van der Waals surface area contributed by atoms with Crippen molar-refractivity contribution in [2.45, 2.75) is 12.8 Å². The van der Waals surface area contributed by atoms with Gasteiger partial charge in [0.25, 0.3) is 5.91 Å². The maximum Gasteiger partial charge on any atom is 0.255 e. The van der Waals surface area contributed by atoms with E-state index in [9.17, 15) is 9.59 Å². The first-order valence-corrected chi connectivity index (χ1v) is 8.30. The van der Waals surface area contributed by atoms with E-state index in [2.05, 4.69) is 15.9 Å². The number of amides is 2. The Morgan fingerprint density at radius 1 is 1.12 bits per heavy atom. The van der Waals surface area contributed by atoms with Crippen molar-refractivity contribution in [3.63, 3.8) is 0 Å². The lowest BCUT2D eigenvalue weighted by atomic mass is 9.96. The first-order chi connectivity index (χ1) is 11.4. The van der Waals surface area contributed by atoms with Crippen molar-refractivity contribution in [2.75, 3.05) is 34.4 Å². The molecule has 0 aromatic heterocycles. The normalized spacial score (nSPS) is 15.1. The number of carbonyl (C=O) groups excluding carboxylic acids is 2. The third-order valence-electron chi connectivity index (χ3n) is 4.18. The number of ether oxygens (including phenoxy) is 3. The predicted molar refractivity (Wildman–Crippen MR) is 91.6 cm³/mol. The first kappa shape index (κ1) is 18.4. The van der Waals surface area contributed by atoms with Crippen LogP contribution in [-0.2, 0) is 4.79 Å². The molecule has 0 atom stereocenters. The number of methoxy groups -OCH3 is 3. The SMILES string of the molecule is COc1cc(C(=O)N2CCC(C(N)=O)CC2)c(Br)c(OC)c1OC. The van der Waals surface area contributed by atoms with Crippen molar-refractivity contribution in [3.8, 4) is 17.2 Å². The molecule has 132 valence electrons. The number of nitrogens with two attached hydrogens (primary N) is 1. The zero-order valence-corrected chi connectivity index (χ0v) is 15.5. The Balaban J connectivity index is 2.31. The second kappa shape index (κ2) is 7.74.